The fourth-order valence-corrected chi connectivity index (χ4v) is 1.89. The van der Waals surface area contributed by atoms with Gasteiger partial charge in [0.05, 0.1) is 6.04 Å². The van der Waals surface area contributed by atoms with E-state index in [0.717, 1.165) is 19.5 Å². The molecule has 1 aromatic rings. The molecule has 5 nitrogen and oxygen atoms in total. The van der Waals surface area contributed by atoms with Gasteiger partial charge in [0.2, 0.25) is 0 Å². The van der Waals surface area contributed by atoms with Crippen molar-refractivity contribution >= 4 is 5.84 Å². The number of aromatic nitrogens is 1. The zero-order chi connectivity index (χ0) is 12.7. The second kappa shape index (κ2) is 6.85. The maximum Gasteiger partial charge on any atom is 0.156 e. The van der Waals surface area contributed by atoms with Gasteiger partial charge in [0.1, 0.15) is 0 Å². The molecule has 0 aliphatic rings. The van der Waals surface area contributed by atoms with E-state index in [4.69, 9.17) is 10.9 Å². The molecule has 1 unspecified atom stereocenters. The Bertz CT molecular complexity index is 353. The zero-order valence-corrected chi connectivity index (χ0v) is 10.4. The molecule has 0 aromatic carbocycles. The molecular weight excluding hydrogens is 216 g/mol. The summed E-state index contributed by atoms with van der Waals surface area (Å²) in [5, 5.41) is 11.9. The fraction of sp³-hybridized carbons (Fsp3) is 0.500. The Morgan fingerprint density at radius 3 is 2.59 bits per heavy atom. The van der Waals surface area contributed by atoms with Crippen molar-refractivity contribution in [3.05, 3.63) is 30.1 Å². The first kappa shape index (κ1) is 13.4. The molecule has 0 amide bonds. The van der Waals surface area contributed by atoms with Gasteiger partial charge >= 0.3 is 0 Å². The van der Waals surface area contributed by atoms with Gasteiger partial charge in [-0.3, -0.25) is 9.88 Å². The number of nitrogens with two attached hydrogens (primary N) is 1. The van der Waals surface area contributed by atoms with Gasteiger partial charge in [-0.1, -0.05) is 19.0 Å². The van der Waals surface area contributed by atoms with Crippen LogP contribution in [0.5, 0.6) is 0 Å². The lowest BCUT2D eigenvalue weighted by Gasteiger charge is -2.28. The van der Waals surface area contributed by atoms with Crippen molar-refractivity contribution in [1.82, 2.24) is 9.88 Å². The van der Waals surface area contributed by atoms with Crippen molar-refractivity contribution in [3.8, 4) is 0 Å². The molecule has 0 radical (unpaired) electrons. The lowest BCUT2D eigenvalue weighted by atomic mass is 10.1. The van der Waals surface area contributed by atoms with Gasteiger partial charge in [0.25, 0.3) is 0 Å². The first-order valence-electron chi connectivity index (χ1n) is 5.83. The summed E-state index contributed by atoms with van der Waals surface area (Å²) in [6.45, 7) is 5.71. The SMILES string of the molecule is CCC(C(N)=NO)N(CC)Cc1ccncc1. The first-order chi connectivity index (χ1) is 8.22. The summed E-state index contributed by atoms with van der Waals surface area (Å²) in [4.78, 5) is 6.16. The van der Waals surface area contributed by atoms with E-state index in [0.29, 0.717) is 0 Å². The van der Waals surface area contributed by atoms with Crippen molar-refractivity contribution in [2.24, 2.45) is 10.9 Å². The predicted molar refractivity (Wildman–Crippen MR) is 67.8 cm³/mol. The quantitative estimate of drug-likeness (QED) is 0.339. The van der Waals surface area contributed by atoms with Crippen LogP contribution in [0.4, 0.5) is 0 Å². The molecule has 0 aliphatic carbocycles. The van der Waals surface area contributed by atoms with Crippen LogP contribution in [0.25, 0.3) is 0 Å². The standard InChI is InChI=1S/C12H20N4O/c1-3-11(12(13)15-17)16(4-2)9-10-5-7-14-8-6-10/h5-8,11,17H,3-4,9H2,1-2H3,(H2,13,15). The van der Waals surface area contributed by atoms with Gasteiger partial charge in [-0.05, 0) is 30.7 Å². The van der Waals surface area contributed by atoms with Crippen molar-refractivity contribution in [2.75, 3.05) is 6.54 Å². The van der Waals surface area contributed by atoms with Crippen LogP contribution in [0.15, 0.2) is 29.7 Å². The number of hydrogen-bond acceptors (Lipinski definition) is 4. The number of amidine groups is 1. The lowest BCUT2D eigenvalue weighted by Crippen LogP contribution is -2.44. The molecule has 0 spiro atoms. The maximum atomic E-state index is 8.77. The number of pyridine rings is 1. The molecule has 17 heavy (non-hydrogen) atoms. The van der Waals surface area contributed by atoms with E-state index in [1.807, 2.05) is 19.1 Å². The molecule has 1 rings (SSSR count). The average Bonchev–Trinajstić information content (AvgIpc) is 2.39. The van der Waals surface area contributed by atoms with Crippen LogP contribution in [0.1, 0.15) is 25.8 Å². The first-order valence-corrected chi connectivity index (χ1v) is 5.83. The van der Waals surface area contributed by atoms with Gasteiger partial charge in [-0.15, -0.1) is 0 Å². The van der Waals surface area contributed by atoms with Crippen molar-refractivity contribution in [2.45, 2.75) is 32.9 Å². The molecule has 0 aliphatic heterocycles. The Hall–Kier alpha value is -1.62. The molecular formula is C12H20N4O. The van der Waals surface area contributed by atoms with Gasteiger partial charge < -0.3 is 10.9 Å². The largest absolute Gasteiger partial charge is 0.409 e. The highest BCUT2D eigenvalue weighted by Crippen LogP contribution is 2.10. The summed E-state index contributed by atoms with van der Waals surface area (Å²) in [5.74, 6) is 0.267. The Morgan fingerprint density at radius 2 is 2.12 bits per heavy atom. The molecule has 5 heteroatoms. The molecule has 94 valence electrons. The van der Waals surface area contributed by atoms with Gasteiger partial charge in [0.15, 0.2) is 5.84 Å². The maximum absolute atomic E-state index is 8.77. The monoisotopic (exact) mass is 236 g/mol. The molecule has 0 saturated heterocycles. The third-order valence-corrected chi connectivity index (χ3v) is 2.83. The second-order valence-electron chi connectivity index (χ2n) is 3.87. The van der Waals surface area contributed by atoms with E-state index in [1.54, 1.807) is 12.4 Å². The third-order valence-electron chi connectivity index (χ3n) is 2.83. The topological polar surface area (TPSA) is 74.7 Å². The minimum Gasteiger partial charge on any atom is -0.409 e. The highest BCUT2D eigenvalue weighted by molar-refractivity contribution is 5.85. The summed E-state index contributed by atoms with van der Waals surface area (Å²) in [6.07, 6.45) is 4.36. The molecule has 1 aromatic heterocycles. The Morgan fingerprint density at radius 1 is 1.47 bits per heavy atom. The van der Waals surface area contributed by atoms with E-state index in [9.17, 15) is 0 Å². The Balaban J connectivity index is 2.77. The summed E-state index contributed by atoms with van der Waals surface area (Å²) in [7, 11) is 0. The fourth-order valence-electron chi connectivity index (χ4n) is 1.89. The van der Waals surface area contributed by atoms with Gasteiger partial charge in [0, 0.05) is 18.9 Å². The van der Waals surface area contributed by atoms with Crippen LogP contribution in [-0.2, 0) is 6.54 Å². The van der Waals surface area contributed by atoms with Crippen LogP contribution in [0.2, 0.25) is 0 Å². The molecule has 0 bridgehead atoms. The molecule has 1 atom stereocenters. The second-order valence-corrected chi connectivity index (χ2v) is 3.87. The normalized spacial score (nSPS) is 13.9. The van der Waals surface area contributed by atoms with Crippen molar-refractivity contribution in [3.63, 3.8) is 0 Å². The lowest BCUT2D eigenvalue weighted by molar-refractivity contribution is 0.230. The molecule has 0 saturated carbocycles. The van der Waals surface area contributed by atoms with E-state index in [2.05, 4.69) is 22.0 Å². The average molecular weight is 236 g/mol. The third kappa shape index (κ3) is 3.71. The summed E-state index contributed by atoms with van der Waals surface area (Å²) in [6, 6.07) is 3.92. The molecule has 3 N–H and O–H groups in total. The Labute approximate surface area is 102 Å². The van der Waals surface area contributed by atoms with Crippen molar-refractivity contribution in [1.29, 1.82) is 0 Å². The van der Waals surface area contributed by atoms with E-state index >= 15 is 0 Å². The number of rotatable bonds is 6. The zero-order valence-electron chi connectivity index (χ0n) is 10.4. The van der Waals surface area contributed by atoms with Crippen LogP contribution in [-0.4, -0.2) is 33.5 Å². The number of oxime groups is 1. The van der Waals surface area contributed by atoms with Crippen LogP contribution >= 0.6 is 0 Å². The van der Waals surface area contributed by atoms with E-state index in [1.165, 1.54) is 5.56 Å². The number of likely N-dealkylation sites (N-methyl/N-ethyl adjacent to an activating group) is 1. The summed E-state index contributed by atoms with van der Waals surface area (Å²) >= 11 is 0. The van der Waals surface area contributed by atoms with Crippen molar-refractivity contribution < 1.29 is 5.21 Å². The van der Waals surface area contributed by atoms with E-state index in [-0.39, 0.29) is 11.9 Å². The number of hydrogen-bond donors (Lipinski definition) is 2. The number of nitrogens with zero attached hydrogens (tertiary/aromatic N) is 3. The van der Waals surface area contributed by atoms with E-state index < -0.39 is 0 Å². The molecule has 0 fully saturated rings. The predicted octanol–water partition coefficient (Wildman–Crippen LogP) is 1.43. The minimum atomic E-state index is -0.0295. The highest BCUT2D eigenvalue weighted by Gasteiger charge is 2.19. The van der Waals surface area contributed by atoms with Crippen LogP contribution < -0.4 is 5.73 Å². The van der Waals surface area contributed by atoms with Gasteiger partial charge in [-0.25, -0.2) is 0 Å². The molecule has 1 heterocycles. The highest BCUT2D eigenvalue weighted by atomic mass is 16.4. The minimum absolute atomic E-state index is 0.0295. The summed E-state index contributed by atoms with van der Waals surface area (Å²) < 4.78 is 0. The van der Waals surface area contributed by atoms with Gasteiger partial charge in [-0.2, -0.15) is 0 Å². The summed E-state index contributed by atoms with van der Waals surface area (Å²) in [5.41, 5.74) is 6.88. The van der Waals surface area contributed by atoms with Crippen LogP contribution in [0.3, 0.4) is 0 Å². The smallest absolute Gasteiger partial charge is 0.156 e. The van der Waals surface area contributed by atoms with Crippen LogP contribution in [0, 0.1) is 0 Å². The Kier molecular flexibility index (Phi) is 5.42.